The Labute approximate surface area is 96.1 Å². The van der Waals surface area contributed by atoms with E-state index < -0.39 is 12.6 Å². The lowest BCUT2D eigenvalue weighted by atomic mass is 10.2. The number of alkyl halides is 2. The van der Waals surface area contributed by atoms with Crippen molar-refractivity contribution in [3.63, 3.8) is 0 Å². The van der Waals surface area contributed by atoms with Gasteiger partial charge in [-0.25, -0.2) is 21.5 Å². The van der Waals surface area contributed by atoms with Gasteiger partial charge in [-0.2, -0.15) is 8.78 Å². The molecule has 0 radical (unpaired) electrons. The van der Waals surface area contributed by atoms with Crippen LogP contribution in [0.15, 0.2) is 18.2 Å². The first kappa shape index (κ1) is 13.1. The van der Waals surface area contributed by atoms with Gasteiger partial charge in [-0.05, 0) is 19.1 Å². The van der Waals surface area contributed by atoms with E-state index in [4.69, 9.17) is 11.7 Å². The van der Waals surface area contributed by atoms with Gasteiger partial charge in [-0.1, -0.05) is 6.07 Å². The summed E-state index contributed by atoms with van der Waals surface area (Å²) < 4.78 is 28.5. The van der Waals surface area contributed by atoms with E-state index in [1.54, 1.807) is 0 Å². The second-order valence-corrected chi connectivity index (χ2v) is 3.10. The molecule has 1 aromatic rings. The number of hydrazine groups is 2. The Balaban J connectivity index is 3.05. The van der Waals surface area contributed by atoms with Crippen LogP contribution in [0.25, 0.3) is 0 Å². The Morgan fingerprint density at radius 1 is 1.53 bits per heavy atom. The highest BCUT2D eigenvalue weighted by Crippen LogP contribution is 2.28. The summed E-state index contributed by atoms with van der Waals surface area (Å²) in [4.78, 5) is 11.2. The minimum absolute atomic E-state index is 0.0576. The Bertz CT molecular complexity index is 414. The number of rotatable bonds is 3. The van der Waals surface area contributed by atoms with Gasteiger partial charge in [0.25, 0.3) is 0 Å². The molecule has 1 rings (SSSR count). The average molecular weight is 246 g/mol. The first-order chi connectivity index (χ1) is 7.97. The highest BCUT2D eigenvalue weighted by molar-refractivity contribution is 5.91. The zero-order chi connectivity index (χ0) is 13.0. The van der Waals surface area contributed by atoms with E-state index >= 15 is 0 Å². The third-order valence-electron chi connectivity index (χ3n) is 2.07. The number of anilines is 1. The second-order valence-electron chi connectivity index (χ2n) is 3.10. The summed E-state index contributed by atoms with van der Waals surface area (Å²) in [6.45, 7) is -1.45. The lowest BCUT2D eigenvalue weighted by Crippen LogP contribution is -2.47. The Kier molecular flexibility index (Phi) is 4.18. The van der Waals surface area contributed by atoms with Gasteiger partial charge in [0.2, 0.25) is 0 Å². The molecule has 0 saturated carbocycles. The maximum atomic E-state index is 12.1. The van der Waals surface area contributed by atoms with E-state index in [2.05, 4.69) is 4.74 Å². The van der Waals surface area contributed by atoms with Crippen LogP contribution in [0.5, 0.6) is 5.75 Å². The van der Waals surface area contributed by atoms with Gasteiger partial charge in [-0.3, -0.25) is 5.43 Å². The summed E-state index contributed by atoms with van der Waals surface area (Å²) in [6, 6.07) is 3.48. The average Bonchev–Trinajstić information content (AvgIpc) is 2.29. The van der Waals surface area contributed by atoms with E-state index in [9.17, 15) is 13.6 Å². The van der Waals surface area contributed by atoms with Crippen LogP contribution in [-0.2, 0) is 0 Å². The number of ether oxygens (including phenoxy) is 1. The lowest BCUT2D eigenvalue weighted by molar-refractivity contribution is -0.0502. The lowest BCUT2D eigenvalue weighted by Gasteiger charge is -2.19. The maximum absolute atomic E-state index is 12.1. The number of benzene rings is 1. The van der Waals surface area contributed by atoms with E-state index in [1.807, 2.05) is 5.43 Å². The topological polar surface area (TPSA) is 93.6 Å². The van der Waals surface area contributed by atoms with Gasteiger partial charge in [-0.15, -0.1) is 0 Å². The predicted octanol–water partition coefficient (Wildman–Crippen LogP) is 0.860. The molecule has 0 aliphatic heterocycles. The molecule has 0 spiro atoms. The van der Waals surface area contributed by atoms with Gasteiger partial charge >= 0.3 is 12.6 Å². The van der Waals surface area contributed by atoms with Crippen LogP contribution in [0.2, 0.25) is 0 Å². The minimum atomic E-state index is -2.95. The molecule has 0 atom stereocenters. The zero-order valence-corrected chi connectivity index (χ0v) is 8.98. The quantitative estimate of drug-likeness (QED) is 0.419. The molecular weight excluding hydrogens is 234 g/mol. The third kappa shape index (κ3) is 3.02. The van der Waals surface area contributed by atoms with Crippen LogP contribution in [0, 0.1) is 6.92 Å². The van der Waals surface area contributed by atoms with Crippen molar-refractivity contribution >= 4 is 11.7 Å². The number of nitrogens with one attached hydrogen (secondary N) is 1. The van der Waals surface area contributed by atoms with Gasteiger partial charge < -0.3 is 4.74 Å². The van der Waals surface area contributed by atoms with Crippen LogP contribution in [0.3, 0.4) is 0 Å². The molecule has 6 nitrogen and oxygen atoms in total. The Morgan fingerprint density at radius 2 is 2.18 bits per heavy atom. The van der Waals surface area contributed by atoms with Crippen LogP contribution < -0.4 is 26.9 Å². The third-order valence-corrected chi connectivity index (χ3v) is 2.07. The maximum Gasteiger partial charge on any atom is 0.387 e. The number of hydrogen-bond donors (Lipinski definition) is 3. The highest BCUT2D eigenvalue weighted by Gasteiger charge is 2.16. The van der Waals surface area contributed by atoms with Crippen molar-refractivity contribution in [2.75, 3.05) is 5.01 Å². The summed E-state index contributed by atoms with van der Waals surface area (Å²) in [5.74, 6) is 10.3. The molecule has 5 N–H and O–H groups in total. The second kappa shape index (κ2) is 5.41. The molecule has 0 heterocycles. The van der Waals surface area contributed by atoms with E-state index in [-0.39, 0.29) is 11.4 Å². The van der Waals surface area contributed by atoms with Crippen molar-refractivity contribution in [2.24, 2.45) is 11.7 Å². The Hall–Kier alpha value is -1.93. The zero-order valence-electron chi connectivity index (χ0n) is 8.98. The fourth-order valence-corrected chi connectivity index (χ4v) is 1.27. The highest BCUT2D eigenvalue weighted by atomic mass is 19.3. The molecule has 0 aliphatic rings. The first-order valence-corrected chi connectivity index (χ1v) is 4.57. The van der Waals surface area contributed by atoms with E-state index in [1.165, 1.54) is 25.1 Å². The van der Waals surface area contributed by atoms with Crippen molar-refractivity contribution in [3.05, 3.63) is 23.8 Å². The molecule has 1 aromatic carbocycles. The molecule has 0 aliphatic carbocycles. The van der Waals surface area contributed by atoms with Gasteiger partial charge in [0.1, 0.15) is 5.75 Å². The van der Waals surface area contributed by atoms with Crippen molar-refractivity contribution in [2.45, 2.75) is 13.5 Å². The first-order valence-electron chi connectivity index (χ1n) is 4.57. The summed E-state index contributed by atoms with van der Waals surface area (Å²) in [6.07, 6.45) is 0. The molecule has 94 valence electrons. The minimum Gasteiger partial charge on any atom is -0.434 e. The normalized spacial score (nSPS) is 10.2. The van der Waals surface area contributed by atoms with Crippen LogP contribution in [-0.4, -0.2) is 12.6 Å². The molecule has 2 amide bonds. The SMILES string of the molecule is Cc1c(OC(F)F)cccc1N(N)C(=O)NN. The van der Waals surface area contributed by atoms with Gasteiger partial charge in [0, 0.05) is 5.56 Å². The van der Waals surface area contributed by atoms with Crippen molar-refractivity contribution in [1.29, 1.82) is 0 Å². The van der Waals surface area contributed by atoms with Crippen LogP contribution >= 0.6 is 0 Å². The van der Waals surface area contributed by atoms with Crippen LogP contribution in [0.4, 0.5) is 19.3 Å². The predicted molar refractivity (Wildman–Crippen MR) is 57.2 cm³/mol. The molecule has 0 fully saturated rings. The largest absolute Gasteiger partial charge is 0.434 e. The summed E-state index contributed by atoms with van der Waals surface area (Å²) in [7, 11) is 0. The standard InChI is InChI=1S/C9H12F2N4O2/c1-5-6(15(13)9(16)14-12)3-2-4-7(5)17-8(10)11/h2-4,8H,12-13H2,1H3,(H,14,16). The summed E-state index contributed by atoms with van der Waals surface area (Å²) >= 11 is 0. The molecule has 0 bridgehead atoms. The van der Waals surface area contributed by atoms with Crippen molar-refractivity contribution < 1.29 is 18.3 Å². The van der Waals surface area contributed by atoms with E-state index in [0.717, 1.165) is 0 Å². The smallest absolute Gasteiger partial charge is 0.387 e. The Morgan fingerprint density at radius 3 is 2.71 bits per heavy atom. The molecule has 0 unspecified atom stereocenters. The number of halogens is 2. The van der Waals surface area contributed by atoms with Gasteiger partial charge in [0.15, 0.2) is 0 Å². The fourth-order valence-electron chi connectivity index (χ4n) is 1.27. The van der Waals surface area contributed by atoms with Crippen LogP contribution in [0.1, 0.15) is 5.56 Å². The van der Waals surface area contributed by atoms with Crippen molar-refractivity contribution in [3.8, 4) is 5.75 Å². The molecule has 0 saturated heterocycles. The number of nitrogens with zero attached hydrogens (tertiary/aromatic N) is 1. The van der Waals surface area contributed by atoms with Gasteiger partial charge in [0.05, 0.1) is 5.69 Å². The number of nitrogens with two attached hydrogens (primary N) is 2. The number of hydrogen-bond acceptors (Lipinski definition) is 4. The number of carbonyl (C=O) groups excluding carboxylic acids is 1. The number of amides is 2. The molecule has 0 aromatic heterocycles. The number of urea groups is 1. The molecule has 17 heavy (non-hydrogen) atoms. The van der Waals surface area contributed by atoms with E-state index in [0.29, 0.717) is 10.6 Å². The number of carbonyl (C=O) groups is 1. The monoisotopic (exact) mass is 246 g/mol. The summed E-state index contributed by atoms with van der Waals surface area (Å²) in [5.41, 5.74) is 2.34. The molecule has 8 heteroatoms. The van der Waals surface area contributed by atoms with Crippen molar-refractivity contribution in [1.82, 2.24) is 5.43 Å². The fraction of sp³-hybridized carbons (Fsp3) is 0.222. The summed E-state index contributed by atoms with van der Waals surface area (Å²) in [5, 5.41) is 0.702. The molecular formula is C9H12F2N4O2.